The number of nitrogens with zero attached hydrogens (tertiary/aromatic N) is 2. The summed E-state index contributed by atoms with van der Waals surface area (Å²) in [7, 11) is 0. The number of aromatic nitrogens is 2. The predicted octanol–water partition coefficient (Wildman–Crippen LogP) is 7.22. The van der Waals surface area contributed by atoms with Crippen LogP contribution in [0.2, 0.25) is 0 Å². The van der Waals surface area contributed by atoms with Gasteiger partial charge in [-0.15, -0.1) is 0 Å². The van der Waals surface area contributed by atoms with E-state index in [0.29, 0.717) is 17.3 Å². The lowest BCUT2D eigenvalue weighted by molar-refractivity contribution is -0.0521. The fourth-order valence-corrected chi connectivity index (χ4v) is 4.38. The van der Waals surface area contributed by atoms with E-state index in [0.717, 1.165) is 23.6 Å². The van der Waals surface area contributed by atoms with Crippen molar-refractivity contribution < 1.29 is 22.4 Å². The van der Waals surface area contributed by atoms with Gasteiger partial charge in [0.1, 0.15) is 0 Å². The summed E-state index contributed by atoms with van der Waals surface area (Å²) in [5.74, 6) is 0.518. The molecule has 1 aliphatic rings. The molecule has 0 atom stereocenters. The van der Waals surface area contributed by atoms with Gasteiger partial charge in [0.15, 0.2) is 11.6 Å². The standard InChI is InChI=1S/C24H25F3N2O2/c1-2-3-15-4-6-16(7-5-15)17-8-10-18(11-9-17)22-28-23(31-29-22)19-12-13-21(20(25)14-19)30-24(26)27/h8-16,24H,2-7H2,1H3. The third-order valence-electron chi connectivity index (χ3n) is 6.00. The minimum absolute atomic E-state index is 0.107. The molecule has 1 aromatic heterocycles. The third kappa shape index (κ3) is 5.09. The van der Waals surface area contributed by atoms with Gasteiger partial charge in [-0.1, -0.05) is 49.2 Å². The maximum Gasteiger partial charge on any atom is 0.387 e. The highest BCUT2D eigenvalue weighted by atomic mass is 19.3. The number of hydrogen-bond donors (Lipinski definition) is 0. The smallest absolute Gasteiger partial charge is 0.387 e. The predicted molar refractivity (Wildman–Crippen MR) is 111 cm³/mol. The van der Waals surface area contributed by atoms with E-state index < -0.39 is 18.2 Å². The third-order valence-corrected chi connectivity index (χ3v) is 6.00. The van der Waals surface area contributed by atoms with Gasteiger partial charge in [-0.2, -0.15) is 13.8 Å². The number of alkyl halides is 2. The number of halogens is 3. The molecular weight excluding hydrogens is 405 g/mol. The maximum atomic E-state index is 14.0. The van der Waals surface area contributed by atoms with E-state index in [1.807, 2.05) is 12.1 Å². The monoisotopic (exact) mass is 430 g/mol. The van der Waals surface area contributed by atoms with Crippen molar-refractivity contribution >= 4 is 0 Å². The van der Waals surface area contributed by atoms with E-state index in [4.69, 9.17) is 4.52 Å². The lowest BCUT2D eigenvalue weighted by Gasteiger charge is -2.28. The Balaban J connectivity index is 1.44. The average Bonchev–Trinajstić information content (AvgIpc) is 3.26. The second-order valence-electron chi connectivity index (χ2n) is 8.08. The van der Waals surface area contributed by atoms with Crippen LogP contribution in [-0.2, 0) is 0 Å². The first kappa shape index (κ1) is 21.4. The molecule has 3 aromatic rings. The Bertz CT molecular complexity index is 996. The summed E-state index contributed by atoms with van der Waals surface area (Å²) in [4.78, 5) is 4.32. The Morgan fingerprint density at radius 1 is 1.03 bits per heavy atom. The second-order valence-corrected chi connectivity index (χ2v) is 8.08. The summed E-state index contributed by atoms with van der Waals surface area (Å²) in [6.07, 6.45) is 7.65. The second kappa shape index (κ2) is 9.54. The van der Waals surface area contributed by atoms with E-state index in [2.05, 4.69) is 33.9 Å². The van der Waals surface area contributed by atoms with Crippen molar-refractivity contribution in [1.29, 1.82) is 0 Å². The van der Waals surface area contributed by atoms with Crippen molar-refractivity contribution in [2.75, 3.05) is 0 Å². The molecule has 0 saturated heterocycles. The normalized spacial score (nSPS) is 19.0. The summed E-state index contributed by atoms with van der Waals surface area (Å²) in [5.41, 5.74) is 2.42. The topological polar surface area (TPSA) is 48.2 Å². The van der Waals surface area contributed by atoms with E-state index in [1.54, 1.807) is 0 Å². The first-order chi connectivity index (χ1) is 15.0. The quantitative estimate of drug-likeness (QED) is 0.397. The highest BCUT2D eigenvalue weighted by Crippen LogP contribution is 2.38. The fraction of sp³-hybridized carbons (Fsp3) is 0.417. The zero-order valence-electron chi connectivity index (χ0n) is 17.4. The lowest BCUT2D eigenvalue weighted by Crippen LogP contribution is -2.13. The van der Waals surface area contributed by atoms with E-state index in [1.165, 1.54) is 50.2 Å². The van der Waals surface area contributed by atoms with Crippen LogP contribution < -0.4 is 4.74 Å². The van der Waals surface area contributed by atoms with Crippen LogP contribution >= 0.6 is 0 Å². The van der Waals surface area contributed by atoms with Crippen molar-refractivity contribution in [1.82, 2.24) is 10.1 Å². The molecule has 0 radical (unpaired) electrons. The van der Waals surface area contributed by atoms with Crippen LogP contribution in [0.3, 0.4) is 0 Å². The molecule has 0 aliphatic heterocycles. The molecule has 0 unspecified atom stereocenters. The van der Waals surface area contributed by atoms with E-state index in [-0.39, 0.29) is 5.89 Å². The SMILES string of the molecule is CCCC1CCC(c2ccc(-c3noc(-c4ccc(OC(F)F)c(F)c4)n3)cc2)CC1. The molecule has 1 fully saturated rings. The van der Waals surface area contributed by atoms with Gasteiger partial charge >= 0.3 is 6.61 Å². The Morgan fingerprint density at radius 2 is 1.74 bits per heavy atom. The summed E-state index contributed by atoms with van der Waals surface area (Å²) in [6, 6.07) is 11.7. The molecule has 164 valence electrons. The number of benzene rings is 2. The van der Waals surface area contributed by atoms with Crippen molar-refractivity contribution in [3.05, 3.63) is 53.8 Å². The molecule has 0 N–H and O–H groups in total. The molecule has 7 heteroatoms. The minimum atomic E-state index is -3.09. The van der Waals surface area contributed by atoms with Crippen LogP contribution in [0.15, 0.2) is 47.0 Å². The van der Waals surface area contributed by atoms with Crippen LogP contribution in [0.5, 0.6) is 5.75 Å². The molecule has 31 heavy (non-hydrogen) atoms. The van der Waals surface area contributed by atoms with Crippen LogP contribution in [-0.4, -0.2) is 16.8 Å². The van der Waals surface area contributed by atoms with Crippen molar-refractivity contribution in [3.63, 3.8) is 0 Å². The average molecular weight is 430 g/mol. The molecule has 1 aliphatic carbocycles. The zero-order chi connectivity index (χ0) is 21.8. The van der Waals surface area contributed by atoms with Crippen LogP contribution in [0.1, 0.15) is 56.9 Å². The van der Waals surface area contributed by atoms with Gasteiger partial charge in [-0.25, -0.2) is 4.39 Å². The summed E-state index contributed by atoms with van der Waals surface area (Å²) in [5, 5.41) is 3.98. The fourth-order valence-electron chi connectivity index (χ4n) is 4.38. The van der Waals surface area contributed by atoms with Gasteiger partial charge in [-0.3, -0.25) is 0 Å². The minimum Gasteiger partial charge on any atom is -0.432 e. The Morgan fingerprint density at radius 3 is 2.39 bits per heavy atom. The lowest BCUT2D eigenvalue weighted by atomic mass is 9.77. The first-order valence-corrected chi connectivity index (χ1v) is 10.7. The van der Waals surface area contributed by atoms with Crippen molar-refractivity contribution in [2.45, 2.75) is 58.0 Å². The molecule has 4 rings (SSSR count). The molecule has 0 spiro atoms. The van der Waals surface area contributed by atoms with Gasteiger partial charge in [0.25, 0.3) is 5.89 Å². The molecule has 4 nitrogen and oxygen atoms in total. The molecule has 0 amide bonds. The van der Waals surface area contributed by atoms with E-state index in [9.17, 15) is 13.2 Å². The van der Waals surface area contributed by atoms with Gasteiger partial charge in [0.2, 0.25) is 5.82 Å². The van der Waals surface area contributed by atoms with E-state index >= 15 is 0 Å². The first-order valence-electron chi connectivity index (χ1n) is 10.7. The molecule has 0 bridgehead atoms. The Labute approximate surface area is 179 Å². The number of rotatable bonds is 7. The Hall–Kier alpha value is -2.83. The molecule has 1 saturated carbocycles. The van der Waals surface area contributed by atoms with Crippen LogP contribution in [0.4, 0.5) is 13.2 Å². The van der Waals surface area contributed by atoms with Crippen molar-refractivity contribution in [2.24, 2.45) is 5.92 Å². The van der Waals surface area contributed by atoms with Gasteiger partial charge in [0.05, 0.1) is 0 Å². The maximum absolute atomic E-state index is 14.0. The van der Waals surface area contributed by atoms with Gasteiger partial charge in [0, 0.05) is 11.1 Å². The summed E-state index contributed by atoms with van der Waals surface area (Å²) < 4.78 is 47.9. The summed E-state index contributed by atoms with van der Waals surface area (Å²) in [6.45, 7) is -0.841. The van der Waals surface area contributed by atoms with Crippen LogP contribution in [0.25, 0.3) is 22.8 Å². The molecule has 2 aromatic carbocycles. The molecular formula is C24H25F3N2O2. The highest BCUT2D eigenvalue weighted by Gasteiger charge is 2.22. The Kier molecular flexibility index (Phi) is 6.59. The number of hydrogen-bond acceptors (Lipinski definition) is 4. The largest absolute Gasteiger partial charge is 0.432 e. The van der Waals surface area contributed by atoms with Gasteiger partial charge in [-0.05, 0) is 61.3 Å². The summed E-state index contributed by atoms with van der Waals surface area (Å²) >= 11 is 0. The molecule has 1 heterocycles. The highest BCUT2D eigenvalue weighted by molar-refractivity contribution is 5.60. The van der Waals surface area contributed by atoms with Crippen molar-refractivity contribution in [3.8, 4) is 28.6 Å². The van der Waals surface area contributed by atoms with Crippen LogP contribution in [0, 0.1) is 11.7 Å². The van der Waals surface area contributed by atoms with Gasteiger partial charge < -0.3 is 9.26 Å². The number of ether oxygens (including phenoxy) is 1. The zero-order valence-corrected chi connectivity index (χ0v) is 17.4.